The average Bonchev–Trinajstić information content (AvgIpc) is 2.30. The summed E-state index contributed by atoms with van der Waals surface area (Å²) in [5.41, 5.74) is 2.28. The van der Waals surface area contributed by atoms with Crippen molar-refractivity contribution in [3.63, 3.8) is 0 Å². The maximum absolute atomic E-state index is 9.57. The Morgan fingerprint density at radius 1 is 1.36 bits per heavy atom. The fourth-order valence-electron chi connectivity index (χ4n) is 1.55. The van der Waals surface area contributed by atoms with E-state index in [2.05, 4.69) is 18.7 Å². The number of aliphatic hydroxyl groups excluding tert-OH is 1. The summed E-state index contributed by atoms with van der Waals surface area (Å²) in [4.78, 5) is 0. The van der Waals surface area contributed by atoms with E-state index in [1.807, 2.05) is 18.2 Å². The van der Waals surface area contributed by atoms with Crippen molar-refractivity contribution in [3.8, 4) is 0 Å². The molecule has 2 heteroatoms. The van der Waals surface area contributed by atoms with Crippen molar-refractivity contribution >= 4 is 12.6 Å². The Morgan fingerprint density at radius 2 is 2.09 bits per heavy atom. The number of thiol groups is 1. The second-order valence-electron chi connectivity index (χ2n) is 2.92. The molecule has 0 fully saturated rings. The lowest BCUT2D eigenvalue weighted by molar-refractivity contribution is 0.186. The fraction of sp³-hybridized carbons (Fsp3) is 0.333. The molecule has 0 radical (unpaired) electrons. The summed E-state index contributed by atoms with van der Waals surface area (Å²) >= 11 is 4.28. The second kappa shape index (κ2) is 2.54. The number of fused-ring (bicyclic) bond motifs is 1. The van der Waals surface area contributed by atoms with E-state index in [-0.39, 0.29) is 11.4 Å². The number of hydrogen-bond donors (Lipinski definition) is 2. The minimum Gasteiger partial charge on any atom is -0.387 e. The number of rotatable bonds is 0. The molecule has 1 aliphatic rings. The molecule has 2 atom stereocenters. The van der Waals surface area contributed by atoms with E-state index in [9.17, 15) is 5.11 Å². The predicted octanol–water partition coefficient (Wildman–Crippen LogP) is 1.57. The minimum absolute atomic E-state index is 0.0902. The van der Waals surface area contributed by atoms with Crippen LogP contribution in [0.15, 0.2) is 24.3 Å². The van der Waals surface area contributed by atoms with Crippen molar-refractivity contribution in [2.75, 3.05) is 0 Å². The van der Waals surface area contributed by atoms with Crippen LogP contribution >= 0.6 is 12.6 Å². The van der Waals surface area contributed by atoms with Crippen molar-refractivity contribution < 1.29 is 5.11 Å². The van der Waals surface area contributed by atoms with Crippen LogP contribution in [0, 0.1) is 0 Å². The topological polar surface area (TPSA) is 20.2 Å². The summed E-state index contributed by atoms with van der Waals surface area (Å²) in [6.45, 7) is 0. The maximum Gasteiger partial charge on any atom is 0.0911 e. The van der Waals surface area contributed by atoms with Crippen LogP contribution in [0.1, 0.15) is 17.2 Å². The maximum atomic E-state index is 9.57. The zero-order valence-corrected chi connectivity index (χ0v) is 6.96. The van der Waals surface area contributed by atoms with Crippen LogP contribution in [0.25, 0.3) is 0 Å². The molecule has 11 heavy (non-hydrogen) atoms. The van der Waals surface area contributed by atoms with E-state index in [0.29, 0.717) is 0 Å². The molecule has 0 unspecified atom stereocenters. The Labute approximate surface area is 71.5 Å². The highest BCUT2D eigenvalue weighted by Crippen LogP contribution is 2.33. The number of hydrogen-bond acceptors (Lipinski definition) is 2. The molecule has 1 aromatic rings. The Kier molecular flexibility index (Phi) is 1.66. The predicted molar refractivity (Wildman–Crippen MR) is 47.9 cm³/mol. The minimum atomic E-state index is -0.366. The SMILES string of the molecule is O[C@H]1c2ccccc2C[C@H]1S. The molecular formula is C9H10OS. The highest BCUT2D eigenvalue weighted by atomic mass is 32.1. The van der Waals surface area contributed by atoms with Crippen molar-refractivity contribution in [2.45, 2.75) is 17.8 Å². The molecule has 0 aliphatic heterocycles. The second-order valence-corrected chi connectivity index (χ2v) is 3.58. The molecule has 0 aromatic heterocycles. The van der Waals surface area contributed by atoms with Gasteiger partial charge in [-0.15, -0.1) is 0 Å². The van der Waals surface area contributed by atoms with Gasteiger partial charge in [-0.25, -0.2) is 0 Å². The van der Waals surface area contributed by atoms with Crippen molar-refractivity contribution in [1.29, 1.82) is 0 Å². The first-order valence-electron chi connectivity index (χ1n) is 3.73. The Morgan fingerprint density at radius 3 is 2.82 bits per heavy atom. The Balaban J connectivity index is 2.47. The van der Waals surface area contributed by atoms with Gasteiger partial charge in [0, 0.05) is 5.25 Å². The molecule has 0 heterocycles. The molecule has 1 aromatic carbocycles. The van der Waals surface area contributed by atoms with Gasteiger partial charge in [-0.05, 0) is 17.5 Å². The van der Waals surface area contributed by atoms with Crippen LogP contribution in [0.4, 0.5) is 0 Å². The van der Waals surface area contributed by atoms with E-state index in [1.165, 1.54) is 5.56 Å². The van der Waals surface area contributed by atoms with Gasteiger partial charge in [0.15, 0.2) is 0 Å². The quantitative estimate of drug-likeness (QED) is 0.561. The first kappa shape index (κ1) is 7.19. The lowest BCUT2D eigenvalue weighted by Crippen LogP contribution is -2.04. The summed E-state index contributed by atoms with van der Waals surface area (Å²) in [5.74, 6) is 0. The van der Waals surface area contributed by atoms with Gasteiger partial charge in [0.2, 0.25) is 0 Å². The fourth-order valence-corrected chi connectivity index (χ4v) is 1.91. The Bertz CT molecular complexity index is 272. The van der Waals surface area contributed by atoms with E-state index in [1.54, 1.807) is 0 Å². The summed E-state index contributed by atoms with van der Waals surface area (Å²) in [5, 5.41) is 9.66. The van der Waals surface area contributed by atoms with E-state index >= 15 is 0 Å². The largest absolute Gasteiger partial charge is 0.387 e. The first-order valence-corrected chi connectivity index (χ1v) is 4.24. The van der Waals surface area contributed by atoms with E-state index in [4.69, 9.17) is 0 Å². The van der Waals surface area contributed by atoms with Gasteiger partial charge in [0.05, 0.1) is 6.10 Å². The van der Waals surface area contributed by atoms with Crippen molar-refractivity contribution in [2.24, 2.45) is 0 Å². The Hall–Kier alpha value is -0.470. The smallest absolute Gasteiger partial charge is 0.0911 e. The van der Waals surface area contributed by atoms with Gasteiger partial charge in [-0.1, -0.05) is 24.3 Å². The highest BCUT2D eigenvalue weighted by molar-refractivity contribution is 7.81. The van der Waals surface area contributed by atoms with Crippen molar-refractivity contribution in [3.05, 3.63) is 35.4 Å². The monoisotopic (exact) mass is 166 g/mol. The summed E-state index contributed by atoms with van der Waals surface area (Å²) in [7, 11) is 0. The lowest BCUT2D eigenvalue weighted by atomic mass is 10.1. The molecule has 58 valence electrons. The molecule has 0 saturated heterocycles. The van der Waals surface area contributed by atoms with Gasteiger partial charge in [0.1, 0.15) is 0 Å². The zero-order valence-electron chi connectivity index (χ0n) is 6.07. The molecule has 1 nitrogen and oxygen atoms in total. The molecule has 2 rings (SSSR count). The molecule has 1 N–H and O–H groups in total. The third kappa shape index (κ3) is 1.06. The average molecular weight is 166 g/mol. The van der Waals surface area contributed by atoms with E-state index in [0.717, 1.165) is 12.0 Å². The molecule has 1 aliphatic carbocycles. The lowest BCUT2D eigenvalue weighted by Gasteiger charge is -2.06. The van der Waals surface area contributed by atoms with E-state index < -0.39 is 0 Å². The molecule has 0 bridgehead atoms. The zero-order chi connectivity index (χ0) is 7.84. The number of benzene rings is 1. The molecular weight excluding hydrogens is 156 g/mol. The number of aliphatic hydroxyl groups is 1. The summed E-state index contributed by atoms with van der Waals surface area (Å²) in [6.07, 6.45) is 0.523. The van der Waals surface area contributed by atoms with Crippen LogP contribution in [0.5, 0.6) is 0 Å². The van der Waals surface area contributed by atoms with Crippen molar-refractivity contribution in [1.82, 2.24) is 0 Å². The van der Waals surface area contributed by atoms with Crippen LogP contribution in [0.2, 0.25) is 0 Å². The van der Waals surface area contributed by atoms with Crippen LogP contribution in [-0.4, -0.2) is 10.4 Å². The summed E-state index contributed by atoms with van der Waals surface area (Å²) < 4.78 is 0. The third-order valence-corrected chi connectivity index (χ3v) is 2.63. The molecule has 0 saturated carbocycles. The third-order valence-electron chi connectivity index (χ3n) is 2.17. The normalized spacial score (nSPS) is 28.5. The van der Waals surface area contributed by atoms with Crippen LogP contribution in [0.3, 0.4) is 0 Å². The molecule has 0 spiro atoms. The van der Waals surface area contributed by atoms with Gasteiger partial charge >= 0.3 is 0 Å². The van der Waals surface area contributed by atoms with Crippen LogP contribution < -0.4 is 0 Å². The van der Waals surface area contributed by atoms with Gasteiger partial charge < -0.3 is 5.11 Å². The standard InChI is InChI=1S/C9H10OS/c10-9-7-4-2-1-3-6(7)5-8(9)11/h1-4,8-11H,5H2/t8-,9+/m1/s1. The van der Waals surface area contributed by atoms with Gasteiger partial charge in [0.25, 0.3) is 0 Å². The van der Waals surface area contributed by atoms with Crippen LogP contribution in [-0.2, 0) is 6.42 Å². The highest BCUT2D eigenvalue weighted by Gasteiger charge is 2.27. The molecule has 0 amide bonds. The van der Waals surface area contributed by atoms with Gasteiger partial charge in [-0.3, -0.25) is 0 Å². The summed E-state index contributed by atoms with van der Waals surface area (Å²) in [6, 6.07) is 7.97. The first-order chi connectivity index (χ1) is 5.29. The van der Waals surface area contributed by atoms with Gasteiger partial charge in [-0.2, -0.15) is 12.6 Å².